The molecular formula is C15H20FNO. The van der Waals surface area contributed by atoms with Crippen molar-refractivity contribution in [1.82, 2.24) is 0 Å². The highest BCUT2D eigenvalue weighted by Gasteiger charge is 2.42. The molecule has 2 fully saturated rings. The highest BCUT2D eigenvalue weighted by molar-refractivity contribution is 5.51. The van der Waals surface area contributed by atoms with Crippen molar-refractivity contribution >= 4 is 5.69 Å². The number of nitrogens with one attached hydrogen (secondary N) is 1. The molecule has 1 atom stereocenters. The number of aryl methyl sites for hydroxylation is 1. The standard InChI is InChI=1S/C15H20FNO/c1-11-9-12(16)3-4-14(11)17-13-5-8-18-15(10-13)6-2-7-15/h3-4,9,13,17H,2,5-8,10H2,1H3. The van der Waals surface area contributed by atoms with Gasteiger partial charge in [-0.1, -0.05) is 0 Å². The Kier molecular flexibility index (Phi) is 3.02. The average Bonchev–Trinajstić information content (AvgIpc) is 2.31. The van der Waals surface area contributed by atoms with Gasteiger partial charge in [0.05, 0.1) is 5.60 Å². The van der Waals surface area contributed by atoms with E-state index >= 15 is 0 Å². The molecule has 2 nitrogen and oxygen atoms in total. The van der Waals surface area contributed by atoms with Crippen molar-refractivity contribution in [1.29, 1.82) is 0 Å². The number of anilines is 1. The molecule has 0 amide bonds. The third-order valence-corrected chi connectivity index (χ3v) is 4.31. The van der Waals surface area contributed by atoms with Gasteiger partial charge in [-0.3, -0.25) is 0 Å². The van der Waals surface area contributed by atoms with E-state index in [1.165, 1.54) is 25.3 Å². The van der Waals surface area contributed by atoms with Crippen LogP contribution >= 0.6 is 0 Å². The zero-order valence-electron chi connectivity index (χ0n) is 10.8. The molecule has 1 saturated carbocycles. The molecule has 1 aliphatic carbocycles. The number of hydrogen-bond donors (Lipinski definition) is 1. The summed E-state index contributed by atoms with van der Waals surface area (Å²) in [5.74, 6) is -0.166. The van der Waals surface area contributed by atoms with Crippen molar-refractivity contribution in [2.45, 2.75) is 50.7 Å². The second kappa shape index (κ2) is 4.54. The summed E-state index contributed by atoms with van der Waals surface area (Å²) in [6, 6.07) is 5.41. The monoisotopic (exact) mass is 249 g/mol. The second-order valence-corrected chi connectivity index (χ2v) is 5.68. The Morgan fingerprint density at radius 2 is 2.22 bits per heavy atom. The van der Waals surface area contributed by atoms with Crippen LogP contribution in [0.25, 0.3) is 0 Å². The molecule has 18 heavy (non-hydrogen) atoms. The van der Waals surface area contributed by atoms with Gasteiger partial charge in [-0.2, -0.15) is 0 Å². The number of rotatable bonds is 2. The lowest BCUT2D eigenvalue weighted by atomic mass is 9.74. The minimum Gasteiger partial charge on any atom is -0.382 e. The quantitative estimate of drug-likeness (QED) is 0.864. The van der Waals surface area contributed by atoms with Gasteiger partial charge in [0.25, 0.3) is 0 Å². The molecule has 1 saturated heterocycles. The van der Waals surface area contributed by atoms with Gasteiger partial charge < -0.3 is 10.1 Å². The van der Waals surface area contributed by atoms with Crippen LogP contribution in [0.2, 0.25) is 0 Å². The molecule has 0 aromatic heterocycles. The van der Waals surface area contributed by atoms with E-state index in [1.54, 1.807) is 6.07 Å². The first-order valence-corrected chi connectivity index (χ1v) is 6.84. The topological polar surface area (TPSA) is 21.3 Å². The first-order chi connectivity index (χ1) is 8.67. The summed E-state index contributed by atoms with van der Waals surface area (Å²) in [7, 11) is 0. The SMILES string of the molecule is Cc1cc(F)ccc1NC1CCOC2(CCC2)C1. The van der Waals surface area contributed by atoms with Crippen molar-refractivity contribution in [2.75, 3.05) is 11.9 Å². The Hall–Kier alpha value is -1.09. The summed E-state index contributed by atoms with van der Waals surface area (Å²) in [6.07, 6.45) is 5.83. The average molecular weight is 249 g/mol. The van der Waals surface area contributed by atoms with Crippen molar-refractivity contribution in [2.24, 2.45) is 0 Å². The molecule has 1 spiro atoms. The van der Waals surface area contributed by atoms with Crippen molar-refractivity contribution in [3.8, 4) is 0 Å². The lowest BCUT2D eigenvalue weighted by Gasteiger charge is -2.47. The van der Waals surface area contributed by atoms with Gasteiger partial charge in [0.2, 0.25) is 0 Å². The van der Waals surface area contributed by atoms with Crippen LogP contribution in [0.4, 0.5) is 10.1 Å². The summed E-state index contributed by atoms with van der Waals surface area (Å²) in [5.41, 5.74) is 2.19. The fraction of sp³-hybridized carbons (Fsp3) is 0.600. The summed E-state index contributed by atoms with van der Waals surface area (Å²) in [5, 5.41) is 3.55. The lowest BCUT2D eigenvalue weighted by molar-refractivity contribution is -0.130. The van der Waals surface area contributed by atoms with Gasteiger partial charge in [-0.15, -0.1) is 0 Å². The Bertz CT molecular complexity index is 442. The Morgan fingerprint density at radius 3 is 2.89 bits per heavy atom. The fourth-order valence-electron chi connectivity index (χ4n) is 3.08. The predicted octanol–water partition coefficient (Wildman–Crippen LogP) is 3.65. The largest absolute Gasteiger partial charge is 0.382 e. The van der Waals surface area contributed by atoms with E-state index in [1.807, 2.05) is 13.0 Å². The summed E-state index contributed by atoms with van der Waals surface area (Å²) in [4.78, 5) is 0. The normalized spacial score (nSPS) is 25.8. The summed E-state index contributed by atoms with van der Waals surface area (Å²) >= 11 is 0. The number of hydrogen-bond acceptors (Lipinski definition) is 2. The van der Waals surface area contributed by atoms with E-state index in [0.29, 0.717) is 6.04 Å². The van der Waals surface area contributed by atoms with Crippen LogP contribution in [-0.2, 0) is 4.74 Å². The van der Waals surface area contributed by atoms with Crippen molar-refractivity contribution in [3.63, 3.8) is 0 Å². The second-order valence-electron chi connectivity index (χ2n) is 5.68. The number of halogens is 1. The Balaban J connectivity index is 1.68. The maximum atomic E-state index is 13.1. The zero-order valence-corrected chi connectivity index (χ0v) is 10.8. The maximum absolute atomic E-state index is 13.1. The van der Waals surface area contributed by atoms with Gasteiger partial charge >= 0.3 is 0 Å². The fourth-order valence-corrected chi connectivity index (χ4v) is 3.08. The van der Waals surface area contributed by atoms with Crippen molar-refractivity contribution in [3.05, 3.63) is 29.6 Å². The van der Waals surface area contributed by atoms with E-state index in [4.69, 9.17) is 4.74 Å². The molecule has 1 N–H and O–H groups in total. The molecule has 1 aromatic carbocycles. The van der Waals surface area contributed by atoms with Crippen LogP contribution in [0, 0.1) is 12.7 Å². The molecule has 1 heterocycles. The molecule has 3 rings (SSSR count). The molecule has 0 bridgehead atoms. The van der Waals surface area contributed by atoms with E-state index in [9.17, 15) is 4.39 Å². The third-order valence-electron chi connectivity index (χ3n) is 4.31. The summed E-state index contributed by atoms with van der Waals surface area (Å²) < 4.78 is 19.0. The molecule has 1 aromatic rings. The van der Waals surface area contributed by atoms with E-state index in [-0.39, 0.29) is 11.4 Å². The first-order valence-electron chi connectivity index (χ1n) is 6.84. The minimum atomic E-state index is -0.166. The number of benzene rings is 1. The predicted molar refractivity (Wildman–Crippen MR) is 70.3 cm³/mol. The smallest absolute Gasteiger partial charge is 0.123 e. The number of ether oxygens (including phenoxy) is 1. The van der Waals surface area contributed by atoms with Crippen LogP contribution < -0.4 is 5.32 Å². The van der Waals surface area contributed by atoms with Crippen LogP contribution in [0.1, 0.15) is 37.7 Å². The van der Waals surface area contributed by atoms with Crippen LogP contribution in [0.5, 0.6) is 0 Å². The highest BCUT2D eigenvalue weighted by Crippen LogP contribution is 2.42. The molecule has 1 unspecified atom stereocenters. The van der Waals surface area contributed by atoms with Gasteiger partial charge in [-0.25, -0.2) is 4.39 Å². The lowest BCUT2D eigenvalue weighted by Crippen LogP contribution is -2.49. The molecule has 0 radical (unpaired) electrons. The van der Waals surface area contributed by atoms with Gasteiger partial charge in [-0.05, 0) is 62.8 Å². The Labute approximate surface area is 108 Å². The van der Waals surface area contributed by atoms with Gasteiger partial charge in [0, 0.05) is 18.3 Å². The van der Waals surface area contributed by atoms with Crippen molar-refractivity contribution < 1.29 is 9.13 Å². The molecule has 2 aliphatic rings. The first kappa shape index (κ1) is 12.0. The van der Waals surface area contributed by atoms with E-state index < -0.39 is 0 Å². The molecule has 98 valence electrons. The van der Waals surface area contributed by atoms with Crippen LogP contribution in [0.3, 0.4) is 0 Å². The maximum Gasteiger partial charge on any atom is 0.123 e. The Morgan fingerprint density at radius 1 is 1.39 bits per heavy atom. The molecular weight excluding hydrogens is 229 g/mol. The van der Waals surface area contributed by atoms with Crippen LogP contribution in [0.15, 0.2) is 18.2 Å². The van der Waals surface area contributed by atoms with E-state index in [0.717, 1.165) is 30.7 Å². The molecule has 1 aliphatic heterocycles. The van der Waals surface area contributed by atoms with Gasteiger partial charge in [0.15, 0.2) is 0 Å². The van der Waals surface area contributed by atoms with Crippen LogP contribution in [-0.4, -0.2) is 18.2 Å². The zero-order chi connectivity index (χ0) is 12.6. The highest BCUT2D eigenvalue weighted by atomic mass is 19.1. The van der Waals surface area contributed by atoms with E-state index in [2.05, 4.69) is 5.32 Å². The molecule has 3 heteroatoms. The summed E-state index contributed by atoms with van der Waals surface area (Å²) in [6.45, 7) is 2.79. The van der Waals surface area contributed by atoms with Gasteiger partial charge in [0.1, 0.15) is 5.82 Å². The minimum absolute atomic E-state index is 0.157. The third kappa shape index (κ3) is 2.24.